The van der Waals surface area contributed by atoms with Crippen LogP contribution in [0.1, 0.15) is 46.5 Å². The van der Waals surface area contributed by atoms with Gasteiger partial charge in [-0.15, -0.1) is 0 Å². The lowest BCUT2D eigenvalue weighted by Crippen LogP contribution is -2.42. The molecule has 3 fully saturated rings. The Morgan fingerprint density at radius 3 is 2.58 bits per heavy atom. The van der Waals surface area contributed by atoms with E-state index in [1.807, 2.05) is 25.7 Å². The number of hydrogen-bond donors (Lipinski definition) is 1. The third kappa shape index (κ3) is 2.88. The van der Waals surface area contributed by atoms with E-state index in [0.29, 0.717) is 17.4 Å². The zero-order valence-electron chi connectivity index (χ0n) is 12.4. The standard InChI is InChI=1S/C15H26N2O2/c1-14(2,3)19-13(18)17(12-4-5-12)9-11-8-16-10-15(11)6-7-15/h11-12,16H,4-10H2,1-3H3. The van der Waals surface area contributed by atoms with Crippen LogP contribution in [0.5, 0.6) is 0 Å². The van der Waals surface area contributed by atoms with Crippen LogP contribution in [0.2, 0.25) is 0 Å². The van der Waals surface area contributed by atoms with Crippen molar-refractivity contribution in [3.63, 3.8) is 0 Å². The Labute approximate surface area is 115 Å². The highest BCUT2D eigenvalue weighted by molar-refractivity contribution is 5.69. The predicted octanol–water partition coefficient (Wildman–Crippen LogP) is 2.39. The largest absolute Gasteiger partial charge is 0.444 e. The van der Waals surface area contributed by atoms with E-state index in [0.717, 1.165) is 32.5 Å². The number of hydrogen-bond acceptors (Lipinski definition) is 3. The molecule has 0 aromatic rings. The highest BCUT2D eigenvalue weighted by atomic mass is 16.6. The van der Waals surface area contributed by atoms with Crippen molar-refractivity contribution in [2.75, 3.05) is 19.6 Å². The van der Waals surface area contributed by atoms with E-state index >= 15 is 0 Å². The molecule has 3 aliphatic rings. The summed E-state index contributed by atoms with van der Waals surface area (Å²) in [5.74, 6) is 0.626. The van der Waals surface area contributed by atoms with Gasteiger partial charge < -0.3 is 15.0 Å². The number of amides is 1. The molecular weight excluding hydrogens is 240 g/mol. The van der Waals surface area contributed by atoms with Gasteiger partial charge in [0.1, 0.15) is 5.60 Å². The molecule has 2 saturated carbocycles. The number of ether oxygens (including phenoxy) is 1. The lowest BCUT2D eigenvalue weighted by molar-refractivity contribution is 0.0191. The third-order valence-electron chi connectivity index (χ3n) is 4.66. The van der Waals surface area contributed by atoms with E-state index in [1.165, 1.54) is 12.8 Å². The maximum Gasteiger partial charge on any atom is 0.410 e. The molecule has 0 radical (unpaired) electrons. The normalized spacial score (nSPS) is 28.5. The molecule has 1 N–H and O–H groups in total. The molecule has 1 spiro atoms. The maximum absolute atomic E-state index is 12.3. The van der Waals surface area contributed by atoms with Gasteiger partial charge in [-0.3, -0.25) is 0 Å². The first kappa shape index (κ1) is 13.2. The SMILES string of the molecule is CC(C)(C)OC(=O)N(CC1CNCC12CC2)C1CC1. The minimum atomic E-state index is -0.393. The molecule has 0 aromatic carbocycles. The molecule has 2 aliphatic carbocycles. The second-order valence-electron chi connectivity index (χ2n) is 7.55. The van der Waals surface area contributed by atoms with Crippen LogP contribution in [0.3, 0.4) is 0 Å². The van der Waals surface area contributed by atoms with E-state index in [1.54, 1.807) is 0 Å². The van der Waals surface area contributed by atoms with Crippen LogP contribution in [0.15, 0.2) is 0 Å². The summed E-state index contributed by atoms with van der Waals surface area (Å²) in [5.41, 5.74) is 0.116. The van der Waals surface area contributed by atoms with E-state index in [4.69, 9.17) is 4.74 Å². The Kier molecular flexibility index (Phi) is 3.04. The minimum Gasteiger partial charge on any atom is -0.444 e. The average Bonchev–Trinajstić information content (AvgIpc) is 3.13. The minimum absolute atomic E-state index is 0.113. The van der Waals surface area contributed by atoms with E-state index in [-0.39, 0.29) is 6.09 Å². The van der Waals surface area contributed by atoms with Crippen molar-refractivity contribution >= 4 is 6.09 Å². The Balaban J connectivity index is 1.63. The van der Waals surface area contributed by atoms with E-state index in [2.05, 4.69) is 5.32 Å². The van der Waals surface area contributed by atoms with Crippen molar-refractivity contribution in [1.82, 2.24) is 10.2 Å². The number of rotatable bonds is 3. The van der Waals surface area contributed by atoms with Crippen LogP contribution in [-0.4, -0.2) is 42.3 Å². The van der Waals surface area contributed by atoms with Gasteiger partial charge in [0.2, 0.25) is 0 Å². The van der Waals surface area contributed by atoms with Crippen LogP contribution >= 0.6 is 0 Å². The fraction of sp³-hybridized carbons (Fsp3) is 0.933. The predicted molar refractivity (Wildman–Crippen MR) is 74.0 cm³/mol. The Morgan fingerprint density at radius 2 is 2.05 bits per heavy atom. The van der Waals surface area contributed by atoms with Gasteiger partial charge in [-0.2, -0.15) is 0 Å². The molecule has 108 valence electrons. The highest BCUT2D eigenvalue weighted by Crippen LogP contribution is 2.54. The van der Waals surface area contributed by atoms with Gasteiger partial charge in [0.05, 0.1) is 0 Å². The van der Waals surface area contributed by atoms with Gasteiger partial charge in [-0.1, -0.05) is 0 Å². The van der Waals surface area contributed by atoms with E-state index < -0.39 is 5.60 Å². The maximum atomic E-state index is 12.3. The first-order valence-electron chi connectivity index (χ1n) is 7.60. The zero-order valence-corrected chi connectivity index (χ0v) is 12.4. The summed E-state index contributed by atoms with van der Waals surface area (Å²) in [5, 5.41) is 3.50. The highest BCUT2D eigenvalue weighted by Gasteiger charge is 2.53. The monoisotopic (exact) mass is 266 g/mol. The van der Waals surface area contributed by atoms with Gasteiger partial charge >= 0.3 is 6.09 Å². The summed E-state index contributed by atoms with van der Waals surface area (Å²) in [6, 6.07) is 0.436. The summed E-state index contributed by atoms with van der Waals surface area (Å²) in [6.45, 7) is 8.91. The molecule has 4 nitrogen and oxygen atoms in total. The molecule has 3 rings (SSSR count). The Morgan fingerprint density at radius 1 is 1.37 bits per heavy atom. The number of carbonyl (C=O) groups excluding carboxylic acids is 1. The third-order valence-corrected chi connectivity index (χ3v) is 4.66. The van der Waals surface area contributed by atoms with Crippen molar-refractivity contribution in [3.05, 3.63) is 0 Å². The molecule has 0 aromatic heterocycles. The molecule has 1 amide bonds. The van der Waals surface area contributed by atoms with Gasteiger partial charge in [0.15, 0.2) is 0 Å². The fourth-order valence-corrected chi connectivity index (χ4v) is 3.18. The Bertz CT molecular complexity index is 367. The van der Waals surface area contributed by atoms with Crippen LogP contribution in [0.4, 0.5) is 4.79 Å². The quantitative estimate of drug-likeness (QED) is 0.853. The molecular formula is C15H26N2O2. The van der Waals surface area contributed by atoms with Crippen molar-refractivity contribution in [3.8, 4) is 0 Å². The van der Waals surface area contributed by atoms with Crippen molar-refractivity contribution in [2.24, 2.45) is 11.3 Å². The fourth-order valence-electron chi connectivity index (χ4n) is 3.18. The summed E-state index contributed by atoms with van der Waals surface area (Å²) >= 11 is 0. The average molecular weight is 266 g/mol. The van der Waals surface area contributed by atoms with Crippen molar-refractivity contribution < 1.29 is 9.53 Å². The molecule has 1 saturated heterocycles. The summed E-state index contributed by atoms with van der Waals surface area (Å²) in [4.78, 5) is 14.3. The smallest absolute Gasteiger partial charge is 0.410 e. The molecule has 1 atom stereocenters. The van der Waals surface area contributed by atoms with Crippen molar-refractivity contribution in [2.45, 2.75) is 58.1 Å². The van der Waals surface area contributed by atoms with Crippen molar-refractivity contribution in [1.29, 1.82) is 0 Å². The van der Waals surface area contributed by atoms with Gasteiger partial charge in [-0.05, 0) is 57.8 Å². The van der Waals surface area contributed by atoms with Crippen LogP contribution in [-0.2, 0) is 4.74 Å². The molecule has 1 heterocycles. The second kappa shape index (κ2) is 4.37. The zero-order chi connectivity index (χ0) is 13.7. The molecule has 19 heavy (non-hydrogen) atoms. The molecule has 4 heteroatoms. The van der Waals surface area contributed by atoms with Crippen LogP contribution in [0.25, 0.3) is 0 Å². The molecule has 0 bridgehead atoms. The summed E-state index contributed by atoms with van der Waals surface area (Å²) in [7, 11) is 0. The second-order valence-corrected chi connectivity index (χ2v) is 7.55. The van der Waals surface area contributed by atoms with Gasteiger partial charge in [-0.25, -0.2) is 4.79 Å². The first-order chi connectivity index (χ1) is 8.90. The molecule has 1 unspecified atom stereocenters. The van der Waals surface area contributed by atoms with Crippen LogP contribution < -0.4 is 5.32 Å². The number of nitrogens with zero attached hydrogens (tertiary/aromatic N) is 1. The number of nitrogens with one attached hydrogen (secondary N) is 1. The lowest BCUT2D eigenvalue weighted by Gasteiger charge is -2.30. The van der Waals surface area contributed by atoms with Crippen LogP contribution in [0, 0.1) is 11.3 Å². The first-order valence-corrected chi connectivity index (χ1v) is 7.60. The molecule has 1 aliphatic heterocycles. The summed E-state index contributed by atoms with van der Waals surface area (Å²) < 4.78 is 5.57. The van der Waals surface area contributed by atoms with E-state index in [9.17, 15) is 4.79 Å². The van der Waals surface area contributed by atoms with Gasteiger partial charge in [0.25, 0.3) is 0 Å². The Hall–Kier alpha value is -0.770. The topological polar surface area (TPSA) is 41.6 Å². The lowest BCUT2D eigenvalue weighted by atomic mass is 9.92. The van der Waals surface area contributed by atoms with Gasteiger partial charge in [0, 0.05) is 25.7 Å². The number of carbonyl (C=O) groups is 1. The summed E-state index contributed by atoms with van der Waals surface area (Å²) in [6.07, 6.45) is 4.84.